The molecule has 1 heterocycles. The first-order valence-electron chi connectivity index (χ1n) is 15.5. The molecular weight excluding hydrogens is 560 g/mol. The molecule has 1 aromatic carbocycles. The van der Waals surface area contributed by atoms with Gasteiger partial charge in [-0.1, -0.05) is 50.3 Å². The molecule has 10 nitrogen and oxygen atoms in total. The minimum absolute atomic E-state index is 0.0507. The van der Waals surface area contributed by atoms with Crippen molar-refractivity contribution in [1.29, 1.82) is 0 Å². The Morgan fingerprint density at radius 1 is 1.02 bits per heavy atom. The number of Topliss-reactive ketones (excluding diaryl/α,β-unsaturated/α-hetero) is 1. The van der Waals surface area contributed by atoms with E-state index in [1.54, 1.807) is 26.8 Å². The predicted octanol–water partition coefficient (Wildman–Crippen LogP) is 3.49. The maximum atomic E-state index is 14.4. The van der Waals surface area contributed by atoms with Crippen molar-refractivity contribution in [3.05, 3.63) is 60.7 Å². The van der Waals surface area contributed by atoms with Gasteiger partial charge in [0.2, 0.25) is 17.6 Å². The number of ether oxygens (including phenoxy) is 1. The van der Waals surface area contributed by atoms with E-state index in [0.29, 0.717) is 32.2 Å². The van der Waals surface area contributed by atoms with Crippen molar-refractivity contribution in [2.24, 2.45) is 17.8 Å². The molecule has 1 aromatic rings. The highest BCUT2D eigenvalue weighted by molar-refractivity contribution is 6.38. The summed E-state index contributed by atoms with van der Waals surface area (Å²) in [6, 6.07) is 5.05. The zero-order valence-electron chi connectivity index (χ0n) is 26.7. The SMILES string of the molecule is C=CCCC(NC(=O)[C@@H]1[C@@H](C(C)C)CCN1C(=O)[C@@H](NC(=O)OC(C)(C)C)C1Cc2ccccc2C1)C(=O)C(=O)NCC=C. The van der Waals surface area contributed by atoms with E-state index in [9.17, 15) is 24.0 Å². The lowest BCUT2D eigenvalue weighted by atomic mass is 9.87. The number of ketones is 1. The number of hydrogen-bond acceptors (Lipinski definition) is 6. The lowest BCUT2D eigenvalue weighted by molar-refractivity contribution is -0.144. The number of amides is 4. The number of carbonyl (C=O) groups is 5. The molecule has 1 aliphatic carbocycles. The van der Waals surface area contributed by atoms with Crippen LogP contribution in [0.2, 0.25) is 0 Å². The molecule has 0 aromatic heterocycles. The van der Waals surface area contributed by atoms with Crippen molar-refractivity contribution in [1.82, 2.24) is 20.9 Å². The van der Waals surface area contributed by atoms with Gasteiger partial charge in [0.05, 0.1) is 6.04 Å². The Labute approximate surface area is 261 Å². The quantitative estimate of drug-likeness (QED) is 0.232. The van der Waals surface area contributed by atoms with Crippen LogP contribution in [0, 0.1) is 17.8 Å². The fraction of sp³-hybridized carbons (Fsp3) is 0.559. The predicted molar refractivity (Wildman–Crippen MR) is 169 cm³/mol. The molecule has 1 fully saturated rings. The van der Waals surface area contributed by atoms with Gasteiger partial charge in [-0.2, -0.15) is 0 Å². The van der Waals surface area contributed by atoms with Gasteiger partial charge < -0.3 is 25.6 Å². The molecule has 10 heteroatoms. The van der Waals surface area contributed by atoms with Crippen LogP contribution in [0.5, 0.6) is 0 Å². The number of allylic oxidation sites excluding steroid dienone is 1. The first-order chi connectivity index (χ1) is 20.8. The van der Waals surface area contributed by atoms with Gasteiger partial charge in [0, 0.05) is 13.1 Å². The average Bonchev–Trinajstić information content (AvgIpc) is 3.60. The fourth-order valence-electron chi connectivity index (χ4n) is 6.14. The molecule has 3 N–H and O–H groups in total. The Morgan fingerprint density at radius 3 is 2.20 bits per heavy atom. The molecule has 3 rings (SSSR count). The van der Waals surface area contributed by atoms with Crippen LogP contribution in [0.3, 0.4) is 0 Å². The van der Waals surface area contributed by atoms with Crippen LogP contribution in [-0.4, -0.2) is 71.3 Å². The number of nitrogens with one attached hydrogen (secondary N) is 3. The van der Waals surface area contributed by atoms with E-state index in [-0.39, 0.29) is 36.6 Å². The van der Waals surface area contributed by atoms with E-state index in [0.717, 1.165) is 11.1 Å². The topological polar surface area (TPSA) is 134 Å². The van der Waals surface area contributed by atoms with Gasteiger partial charge in [-0.3, -0.25) is 19.2 Å². The number of alkyl carbamates (subject to hydrolysis) is 1. The number of carbonyl (C=O) groups excluding carboxylic acids is 5. The second-order valence-corrected chi connectivity index (χ2v) is 13.0. The summed E-state index contributed by atoms with van der Waals surface area (Å²) in [5, 5.41) is 8.10. The van der Waals surface area contributed by atoms with Gasteiger partial charge in [0.15, 0.2) is 0 Å². The van der Waals surface area contributed by atoms with Crippen molar-refractivity contribution in [3.8, 4) is 0 Å². The Balaban J connectivity index is 1.90. The lowest BCUT2D eigenvalue weighted by Crippen LogP contribution is -2.59. The molecule has 2 aliphatic rings. The molecule has 0 radical (unpaired) electrons. The van der Waals surface area contributed by atoms with Crippen LogP contribution in [0.4, 0.5) is 4.79 Å². The van der Waals surface area contributed by atoms with Gasteiger partial charge in [-0.05, 0) is 81.8 Å². The first kappa shape index (κ1) is 34.5. The van der Waals surface area contributed by atoms with Crippen molar-refractivity contribution in [3.63, 3.8) is 0 Å². The Hall–Kier alpha value is -3.95. The van der Waals surface area contributed by atoms with Crippen LogP contribution in [0.1, 0.15) is 65.0 Å². The van der Waals surface area contributed by atoms with Crippen LogP contribution in [0.25, 0.3) is 0 Å². The van der Waals surface area contributed by atoms with Crippen LogP contribution in [-0.2, 0) is 36.8 Å². The molecule has 1 saturated heterocycles. The summed E-state index contributed by atoms with van der Waals surface area (Å²) in [6.07, 6.45) is 4.73. The molecule has 0 spiro atoms. The third kappa shape index (κ3) is 8.80. The molecule has 1 aliphatic heterocycles. The van der Waals surface area contributed by atoms with E-state index in [4.69, 9.17) is 4.74 Å². The van der Waals surface area contributed by atoms with Gasteiger partial charge in [-0.25, -0.2) is 4.79 Å². The van der Waals surface area contributed by atoms with E-state index < -0.39 is 47.4 Å². The van der Waals surface area contributed by atoms with Crippen molar-refractivity contribution >= 4 is 29.6 Å². The number of hydrogen-bond donors (Lipinski definition) is 3. The molecule has 44 heavy (non-hydrogen) atoms. The summed E-state index contributed by atoms with van der Waals surface area (Å²) in [7, 11) is 0. The first-order valence-corrected chi connectivity index (χ1v) is 15.5. The second kappa shape index (κ2) is 15.2. The van der Waals surface area contributed by atoms with Gasteiger partial charge >= 0.3 is 6.09 Å². The van der Waals surface area contributed by atoms with E-state index in [2.05, 4.69) is 29.1 Å². The minimum atomic E-state index is -1.09. The van der Waals surface area contributed by atoms with Gasteiger partial charge in [0.25, 0.3) is 5.91 Å². The molecule has 4 amide bonds. The van der Waals surface area contributed by atoms with Crippen LogP contribution >= 0.6 is 0 Å². The number of likely N-dealkylation sites (tertiary alicyclic amines) is 1. The molecule has 0 bridgehead atoms. The number of rotatable bonds is 13. The third-order valence-corrected chi connectivity index (χ3v) is 8.27. The smallest absolute Gasteiger partial charge is 0.408 e. The summed E-state index contributed by atoms with van der Waals surface area (Å²) in [6.45, 7) is 16.9. The zero-order chi connectivity index (χ0) is 32.6. The monoisotopic (exact) mass is 608 g/mol. The Kier molecular flexibility index (Phi) is 11.9. The van der Waals surface area contributed by atoms with Gasteiger partial charge in [-0.15, -0.1) is 13.2 Å². The van der Waals surface area contributed by atoms with Crippen LogP contribution < -0.4 is 16.0 Å². The summed E-state index contributed by atoms with van der Waals surface area (Å²) >= 11 is 0. The molecule has 1 unspecified atom stereocenters. The molecule has 0 saturated carbocycles. The highest BCUT2D eigenvalue weighted by Gasteiger charge is 2.47. The molecule has 4 atom stereocenters. The summed E-state index contributed by atoms with van der Waals surface area (Å²) in [5.74, 6) is -2.83. The second-order valence-electron chi connectivity index (χ2n) is 13.0. The third-order valence-electron chi connectivity index (χ3n) is 8.27. The Bertz CT molecular complexity index is 1230. The van der Waals surface area contributed by atoms with Crippen LogP contribution in [0.15, 0.2) is 49.6 Å². The van der Waals surface area contributed by atoms with Gasteiger partial charge in [0.1, 0.15) is 17.7 Å². The fourth-order valence-corrected chi connectivity index (χ4v) is 6.14. The van der Waals surface area contributed by atoms with Crippen molar-refractivity contribution in [2.45, 2.75) is 90.4 Å². The highest BCUT2D eigenvalue weighted by Crippen LogP contribution is 2.34. The summed E-state index contributed by atoms with van der Waals surface area (Å²) in [4.78, 5) is 68.4. The zero-order valence-corrected chi connectivity index (χ0v) is 26.7. The van der Waals surface area contributed by atoms with Crippen molar-refractivity contribution < 1.29 is 28.7 Å². The van der Waals surface area contributed by atoms with E-state index in [1.807, 2.05) is 38.1 Å². The Morgan fingerprint density at radius 2 is 1.66 bits per heavy atom. The minimum Gasteiger partial charge on any atom is -0.444 e. The van der Waals surface area contributed by atoms with E-state index in [1.165, 1.54) is 11.0 Å². The maximum absolute atomic E-state index is 14.4. The number of nitrogens with zero attached hydrogens (tertiary/aromatic N) is 1. The largest absolute Gasteiger partial charge is 0.444 e. The summed E-state index contributed by atoms with van der Waals surface area (Å²) in [5.41, 5.74) is 1.48. The van der Waals surface area contributed by atoms with Crippen molar-refractivity contribution in [2.75, 3.05) is 13.1 Å². The standard InChI is InChI=1S/C34H48N4O6/c1-8-10-15-26(29(39)31(41)35-17-9-2)36-30(40)28-25(21(3)4)16-18-38(28)32(42)27(37-33(43)44-34(5,6)7)24-19-22-13-11-12-14-23(22)20-24/h8-9,11-14,21,24-28H,1-2,10,15-20H2,3-7H3,(H,35,41)(H,36,40)(H,37,43)/t25-,26?,27+,28+/m1/s1. The molecule has 240 valence electrons. The summed E-state index contributed by atoms with van der Waals surface area (Å²) < 4.78 is 5.53. The number of benzene rings is 1. The van der Waals surface area contributed by atoms with E-state index >= 15 is 0 Å². The molecular formula is C34H48N4O6. The lowest BCUT2D eigenvalue weighted by Gasteiger charge is -2.34. The maximum Gasteiger partial charge on any atom is 0.408 e. The normalized spacial score (nSPS) is 19.5. The highest BCUT2D eigenvalue weighted by atomic mass is 16.6. The number of fused-ring (bicyclic) bond motifs is 1. The average molecular weight is 609 g/mol.